The van der Waals surface area contributed by atoms with Crippen LogP contribution in [0.15, 0.2) is 55.0 Å². The molecule has 8 heteroatoms. The predicted octanol–water partition coefficient (Wildman–Crippen LogP) is 1.69. The van der Waals surface area contributed by atoms with Crippen LogP contribution in [-0.2, 0) is 4.79 Å². The maximum Gasteiger partial charge on any atom is 0.259 e. The van der Waals surface area contributed by atoms with Gasteiger partial charge in [-0.3, -0.25) is 14.2 Å². The molecule has 3 N–H and O–H groups in total. The molecule has 2 aromatic heterocycles. The monoisotopic (exact) mass is 351 g/mol. The van der Waals surface area contributed by atoms with Crippen LogP contribution in [0, 0.1) is 6.92 Å². The molecule has 0 aliphatic carbocycles. The highest BCUT2D eigenvalue weighted by atomic mass is 16.5. The minimum Gasteiger partial charge on any atom is -0.483 e. The first-order chi connectivity index (χ1) is 12.5. The van der Waals surface area contributed by atoms with Crippen LogP contribution < -0.4 is 15.8 Å². The normalized spacial score (nSPS) is 10.3. The molecule has 3 aromatic rings. The van der Waals surface area contributed by atoms with E-state index >= 15 is 0 Å². The van der Waals surface area contributed by atoms with E-state index in [0.29, 0.717) is 17.1 Å². The number of primary amides is 1. The summed E-state index contributed by atoms with van der Waals surface area (Å²) in [5, 5.41) is 2.75. The number of amides is 2. The van der Waals surface area contributed by atoms with E-state index in [1.165, 1.54) is 0 Å². The van der Waals surface area contributed by atoms with Crippen LogP contribution >= 0.6 is 0 Å². The number of para-hydroxylation sites is 1. The number of benzene rings is 1. The Morgan fingerprint density at radius 2 is 2.00 bits per heavy atom. The maximum atomic E-state index is 12.5. The Morgan fingerprint density at radius 1 is 1.19 bits per heavy atom. The van der Waals surface area contributed by atoms with E-state index in [1.54, 1.807) is 48.8 Å². The van der Waals surface area contributed by atoms with Crippen molar-refractivity contribution in [2.45, 2.75) is 6.92 Å². The zero-order valence-electron chi connectivity index (χ0n) is 14.0. The summed E-state index contributed by atoms with van der Waals surface area (Å²) in [5.41, 5.74) is 5.90. The van der Waals surface area contributed by atoms with Gasteiger partial charge in [-0.25, -0.2) is 9.97 Å². The van der Waals surface area contributed by atoms with Crippen LogP contribution in [0.1, 0.15) is 16.2 Å². The molecule has 0 fully saturated rings. The molecule has 0 aliphatic heterocycles. The summed E-state index contributed by atoms with van der Waals surface area (Å²) in [5.74, 6) is 0.800. The van der Waals surface area contributed by atoms with Crippen molar-refractivity contribution in [3.8, 4) is 11.6 Å². The highest BCUT2D eigenvalue weighted by Crippen LogP contribution is 2.20. The zero-order valence-corrected chi connectivity index (χ0v) is 14.0. The van der Waals surface area contributed by atoms with Gasteiger partial charge in [-0.1, -0.05) is 12.1 Å². The molecule has 8 nitrogen and oxygen atoms in total. The van der Waals surface area contributed by atoms with E-state index in [1.807, 2.05) is 17.7 Å². The van der Waals surface area contributed by atoms with Crippen LogP contribution in [0.4, 0.5) is 5.69 Å². The Hall–Kier alpha value is -3.68. The number of aromatic nitrogens is 3. The average Bonchev–Trinajstić information content (AvgIpc) is 3.07. The SMILES string of the molecule is Cc1nccn1-c1ccc(NC(=O)c2ccccc2OCC(N)=O)cn1. The summed E-state index contributed by atoms with van der Waals surface area (Å²) < 4.78 is 7.11. The summed E-state index contributed by atoms with van der Waals surface area (Å²) in [6, 6.07) is 10.1. The van der Waals surface area contributed by atoms with Crippen molar-refractivity contribution in [3.63, 3.8) is 0 Å². The second-order valence-electron chi connectivity index (χ2n) is 5.45. The Kier molecular flexibility index (Phi) is 4.93. The number of pyridine rings is 1. The topological polar surface area (TPSA) is 112 Å². The molecule has 3 rings (SSSR count). The third-order valence-electron chi connectivity index (χ3n) is 3.58. The number of hydrogen-bond acceptors (Lipinski definition) is 5. The summed E-state index contributed by atoms with van der Waals surface area (Å²) in [6.07, 6.45) is 5.05. The molecule has 0 bridgehead atoms. The van der Waals surface area contributed by atoms with Gasteiger partial charge in [0.1, 0.15) is 17.4 Å². The van der Waals surface area contributed by atoms with Crippen molar-refractivity contribution >= 4 is 17.5 Å². The summed E-state index contributed by atoms with van der Waals surface area (Å²) >= 11 is 0. The van der Waals surface area contributed by atoms with Gasteiger partial charge in [0.15, 0.2) is 6.61 Å². The van der Waals surface area contributed by atoms with Crippen molar-refractivity contribution in [1.29, 1.82) is 0 Å². The Bertz CT molecular complexity index is 934. The van der Waals surface area contributed by atoms with Gasteiger partial charge in [-0.2, -0.15) is 0 Å². The molecule has 0 saturated carbocycles. The third kappa shape index (κ3) is 3.86. The largest absolute Gasteiger partial charge is 0.483 e. The molecule has 1 aromatic carbocycles. The van der Waals surface area contributed by atoms with Gasteiger partial charge in [0, 0.05) is 12.4 Å². The van der Waals surface area contributed by atoms with Crippen molar-refractivity contribution in [1.82, 2.24) is 14.5 Å². The number of imidazole rings is 1. The summed E-state index contributed by atoms with van der Waals surface area (Å²) in [4.78, 5) is 31.9. The number of rotatable bonds is 6. The summed E-state index contributed by atoms with van der Waals surface area (Å²) in [7, 11) is 0. The second kappa shape index (κ2) is 7.47. The predicted molar refractivity (Wildman–Crippen MR) is 95.2 cm³/mol. The molecule has 0 spiro atoms. The molecule has 0 saturated heterocycles. The minimum atomic E-state index is -0.616. The molecule has 132 valence electrons. The van der Waals surface area contributed by atoms with Gasteiger partial charge in [-0.05, 0) is 31.2 Å². The molecule has 2 amide bonds. The van der Waals surface area contributed by atoms with E-state index in [9.17, 15) is 9.59 Å². The quantitative estimate of drug-likeness (QED) is 0.702. The number of aryl methyl sites for hydroxylation is 1. The lowest BCUT2D eigenvalue weighted by Crippen LogP contribution is -2.21. The molecule has 0 atom stereocenters. The maximum absolute atomic E-state index is 12.5. The molecule has 26 heavy (non-hydrogen) atoms. The number of ether oxygens (including phenoxy) is 1. The van der Waals surface area contributed by atoms with Crippen molar-refractivity contribution in [3.05, 3.63) is 66.4 Å². The minimum absolute atomic E-state index is 0.280. The van der Waals surface area contributed by atoms with Crippen LogP contribution in [0.5, 0.6) is 5.75 Å². The van der Waals surface area contributed by atoms with Gasteiger partial charge in [0.2, 0.25) is 0 Å². The van der Waals surface area contributed by atoms with E-state index in [4.69, 9.17) is 10.5 Å². The third-order valence-corrected chi connectivity index (χ3v) is 3.58. The van der Waals surface area contributed by atoms with Crippen LogP contribution in [0.2, 0.25) is 0 Å². The Morgan fingerprint density at radius 3 is 2.65 bits per heavy atom. The van der Waals surface area contributed by atoms with Crippen LogP contribution in [0.3, 0.4) is 0 Å². The van der Waals surface area contributed by atoms with Crippen molar-refractivity contribution < 1.29 is 14.3 Å². The first-order valence-corrected chi connectivity index (χ1v) is 7.82. The lowest BCUT2D eigenvalue weighted by Gasteiger charge is -2.11. The van der Waals surface area contributed by atoms with Gasteiger partial charge in [0.25, 0.3) is 11.8 Å². The molecule has 0 aliphatic rings. The van der Waals surface area contributed by atoms with Crippen LogP contribution in [0.25, 0.3) is 5.82 Å². The second-order valence-corrected chi connectivity index (χ2v) is 5.45. The van der Waals surface area contributed by atoms with E-state index in [-0.39, 0.29) is 18.3 Å². The fraction of sp³-hybridized carbons (Fsp3) is 0.111. The van der Waals surface area contributed by atoms with E-state index in [2.05, 4.69) is 15.3 Å². The standard InChI is InChI=1S/C18H17N5O3/c1-12-20-8-9-23(12)17-7-6-13(10-21-17)22-18(25)14-4-2-3-5-15(14)26-11-16(19)24/h2-10H,11H2,1H3,(H2,19,24)(H,22,25). The zero-order chi connectivity index (χ0) is 18.5. The molecular formula is C18H17N5O3. The number of nitrogens with one attached hydrogen (secondary N) is 1. The van der Waals surface area contributed by atoms with Gasteiger partial charge < -0.3 is 15.8 Å². The van der Waals surface area contributed by atoms with E-state index in [0.717, 1.165) is 5.82 Å². The Balaban J connectivity index is 1.74. The molecular weight excluding hydrogens is 334 g/mol. The number of nitrogens with two attached hydrogens (primary N) is 1. The van der Waals surface area contributed by atoms with Gasteiger partial charge >= 0.3 is 0 Å². The lowest BCUT2D eigenvalue weighted by atomic mass is 10.2. The smallest absolute Gasteiger partial charge is 0.259 e. The molecule has 2 heterocycles. The van der Waals surface area contributed by atoms with Crippen LogP contribution in [-0.4, -0.2) is 33.0 Å². The first kappa shape index (κ1) is 17.2. The number of anilines is 1. The summed E-state index contributed by atoms with van der Waals surface area (Å²) in [6.45, 7) is 1.57. The Labute approximate surface area is 149 Å². The number of hydrogen-bond donors (Lipinski definition) is 2. The van der Waals surface area contributed by atoms with Crippen molar-refractivity contribution in [2.75, 3.05) is 11.9 Å². The molecule has 0 unspecified atom stereocenters. The number of carbonyl (C=O) groups is 2. The molecule has 0 radical (unpaired) electrons. The van der Waals surface area contributed by atoms with Gasteiger partial charge in [0.05, 0.1) is 17.4 Å². The van der Waals surface area contributed by atoms with Crippen molar-refractivity contribution in [2.24, 2.45) is 5.73 Å². The lowest BCUT2D eigenvalue weighted by molar-refractivity contribution is -0.119. The first-order valence-electron chi connectivity index (χ1n) is 7.82. The highest BCUT2D eigenvalue weighted by molar-refractivity contribution is 6.06. The fourth-order valence-electron chi connectivity index (χ4n) is 2.35. The number of carbonyl (C=O) groups excluding carboxylic acids is 2. The van der Waals surface area contributed by atoms with E-state index < -0.39 is 5.91 Å². The highest BCUT2D eigenvalue weighted by Gasteiger charge is 2.13. The van der Waals surface area contributed by atoms with Gasteiger partial charge in [-0.15, -0.1) is 0 Å². The number of nitrogens with zero attached hydrogens (tertiary/aromatic N) is 3. The fourth-order valence-corrected chi connectivity index (χ4v) is 2.35. The average molecular weight is 351 g/mol.